The highest BCUT2D eigenvalue weighted by molar-refractivity contribution is 5.91. The Bertz CT molecular complexity index is 360. The lowest BCUT2D eigenvalue weighted by Crippen LogP contribution is -2.21. The molecule has 16 heavy (non-hydrogen) atoms. The topological polar surface area (TPSA) is 38.3 Å². The van der Waals surface area contributed by atoms with Gasteiger partial charge in [-0.1, -0.05) is 6.07 Å². The zero-order valence-electron chi connectivity index (χ0n) is 9.09. The van der Waals surface area contributed by atoms with Gasteiger partial charge in [0.25, 0.3) is 5.91 Å². The van der Waals surface area contributed by atoms with Crippen molar-refractivity contribution in [2.24, 2.45) is 0 Å². The molecule has 1 amide bonds. The molecule has 1 N–H and O–H groups in total. The van der Waals surface area contributed by atoms with E-state index in [4.69, 9.17) is 4.74 Å². The minimum absolute atomic E-state index is 0.115. The second-order valence-electron chi connectivity index (χ2n) is 3.50. The molecule has 1 aromatic rings. The van der Waals surface area contributed by atoms with Gasteiger partial charge in [0, 0.05) is 0 Å². The highest BCUT2D eigenvalue weighted by Crippen LogP contribution is 2.17. The number of amides is 1. The van der Waals surface area contributed by atoms with Gasteiger partial charge in [-0.05, 0) is 26.0 Å². The van der Waals surface area contributed by atoms with Crippen molar-refractivity contribution in [1.29, 1.82) is 0 Å². The molecule has 0 aromatic heterocycles. The van der Waals surface area contributed by atoms with Crippen molar-refractivity contribution >= 4 is 11.6 Å². The number of halogens is 2. The zero-order valence-corrected chi connectivity index (χ0v) is 9.09. The molecule has 1 rings (SSSR count). The summed E-state index contributed by atoms with van der Waals surface area (Å²) in [6.45, 7) is 3.29. The Labute approximate surface area is 92.4 Å². The van der Waals surface area contributed by atoms with E-state index in [0.29, 0.717) is 0 Å². The number of anilines is 1. The summed E-state index contributed by atoms with van der Waals surface area (Å²) in [6.07, 6.45) is -0.115. The van der Waals surface area contributed by atoms with Gasteiger partial charge in [-0.15, -0.1) is 0 Å². The Hall–Kier alpha value is -1.49. The van der Waals surface area contributed by atoms with Crippen LogP contribution in [0.25, 0.3) is 0 Å². The minimum atomic E-state index is -0.808. The number of para-hydroxylation sites is 1. The molecule has 5 heteroatoms. The Kier molecular flexibility index (Phi) is 4.37. The van der Waals surface area contributed by atoms with E-state index < -0.39 is 23.2 Å². The van der Waals surface area contributed by atoms with Gasteiger partial charge in [-0.25, -0.2) is 8.78 Å². The Morgan fingerprint density at radius 1 is 1.38 bits per heavy atom. The summed E-state index contributed by atoms with van der Waals surface area (Å²) in [4.78, 5) is 11.3. The highest BCUT2D eigenvalue weighted by atomic mass is 19.1. The van der Waals surface area contributed by atoms with Gasteiger partial charge >= 0.3 is 0 Å². The molecule has 0 aliphatic heterocycles. The summed E-state index contributed by atoms with van der Waals surface area (Å²) in [5.74, 6) is -2.20. The van der Waals surface area contributed by atoms with E-state index in [1.54, 1.807) is 13.8 Å². The van der Waals surface area contributed by atoms with Gasteiger partial charge < -0.3 is 10.1 Å². The quantitative estimate of drug-likeness (QED) is 0.860. The lowest BCUT2D eigenvalue weighted by molar-refractivity contribution is -0.122. The third kappa shape index (κ3) is 3.58. The van der Waals surface area contributed by atoms with Crippen LogP contribution in [-0.4, -0.2) is 18.6 Å². The fourth-order valence-electron chi connectivity index (χ4n) is 1.04. The van der Waals surface area contributed by atoms with E-state index in [2.05, 4.69) is 5.32 Å². The first-order chi connectivity index (χ1) is 7.50. The maximum Gasteiger partial charge on any atom is 0.250 e. The Balaban J connectivity index is 2.63. The van der Waals surface area contributed by atoms with Crippen molar-refractivity contribution in [2.75, 3.05) is 11.9 Å². The summed E-state index contributed by atoms with van der Waals surface area (Å²) >= 11 is 0. The second kappa shape index (κ2) is 5.55. The summed E-state index contributed by atoms with van der Waals surface area (Å²) < 4.78 is 31.2. The standard InChI is InChI=1S/C11H13F2NO2/c1-7(2)16-6-10(15)14-11-8(12)4-3-5-9(11)13/h3-5,7H,6H2,1-2H3,(H,14,15). The average molecular weight is 229 g/mol. The highest BCUT2D eigenvalue weighted by Gasteiger charge is 2.11. The molecular weight excluding hydrogens is 216 g/mol. The molecule has 3 nitrogen and oxygen atoms in total. The first-order valence-corrected chi connectivity index (χ1v) is 4.86. The molecular formula is C11H13F2NO2. The normalized spacial score (nSPS) is 10.6. The number of rotatable bonds is 4. The second-order valence-corrected chi connectivity index (χ2v) is 3.50. The van der Waals surface area contributed by atoms with E-state index in [9.17, 15) is 13.6 Å². The van der Waals surface area contributed by atoms with Crippen molar-refractivity contribution in [2.45, 2.75) is 20.0 Å². The zero-order chi connectivity index (χ0) is 12.1. The van der Waals surface area contributed by atoms with Gasteiger partial charge in [-0.3, -0.25) is 4.79 Å². The summed E-state index contributed by atoms with van der Waals surface area (Å²) in [5.41, 5.74) is -0.445. The predicted molar refractivity (Wildman–Crippen MR) is 56.1 cm³/mol. The van der Waals surface area contributed by atoms with Gasteiger partial charge in [0.1, 0.15) is 23.9 Å². The van der Waals surface area contributed by atoms with Crippen LogP contribution in [0.15, 0.2) is 18.2 Å². The van der Waals surface area contributed by atoms with Crippen molar-refractivity contribution in [3.05, 3.63) is 29.8 Å². The first kappa shape index (κ1) is 12.6. The smallest absolute Gasteiger partial charge is 0.250 e. The van der Waals surface area contributed by atoms with Crippen molar-refractivity contribution in [3.63, 3.8) is 0 Å². The molecule has 0 spiro atoms. The molecule has 0 bridgehead atoms. The minimum Gasteiger partial charge on any atom is -0.369 e. The largest absolute Gasteiger partial charge is 0.369 e. The van der Waals surface area contributed by atoms with Crippen LogP contribution in [0.5, 0.6) is 0 Å². The van der Waals surface area contributed by atoms with Gasteiger partial charge in [0.05, 0.1) is 6.10 Å². The van der Waals surface area contributed by atoms with E-state index in [1.807, 2.05) is 0 Å². The van der Waals surface area contributed by atoms with E-state index in [1.165, 1.54) is 6.07 Å². The van der Waals surface area contributed by atoms with Gasteiger partial charge in [0.2, 0.25) is 0 Å². The van der Waals surface area contributed by atoms with E-state index in [0.717, 1.165) is 12.1 Å². The van der Waals surface area contributed by atoms with Crippen molar-refractivity contribution < 1.29 is 18.3 Å². The summed E-state index contributed by atoms with van der Waals surface area (Å²) in [6, 6.07) is 3.37. The van der Waals surface area contributed by atoms with E-state index in [-0.39, 0.29) is 12.7 Å². The molecule has 1 aromatic carbocycles. The van der Waals surface area contributed by atoms with Crippen LogP contribution >= 0.6 is 0 Å². The SMILES string of the molecule is CC(C)OCC(=O)Nc1c(F)cccc1F. The molecule has 0 saturated carbocycles. The monoisotopic (exact) mass is 229 g/mol. The third-order valence-corrected chi connectivity index (χ3v) is 1.77. The van der Waals surface area contributed by atoms with Gasteiger partial charge in [-0.2, -0.15) is 0 Å². The number of nitrogens with one attached hydrogen (secondary N) is 1. The van der Waals surface area contributed by atoms with Crippen LogP contribution in [-0.2, 0) is 9.53 Å². The molecule has 0 atom stereocenters. The molecule has 0 unspecified atom stereocenters. The number of carbonyl (C=O) groups is 1. The number of benzene rings is 1. The first-order valence-electron chi connectivity index (χ1n) is 4.86. The van der Waals surface area contributed by atoms with Gasteiger partial charge in [0.15, 0.2) is 0 Å². The fraction of sp³-hybridized carbons (Fsp3) is 0.364. The van der Waals surface area contributed by atoms with Crippen LogP contribution in [0.1, 0.15) is 13.8 Å². The maximum absolute atomic E-state index is 13.1. The third-order valence-electron chi connectivity index (χ3n) is 1.77. The van der Waals surface area contributed by atoms with Crippen molar-refractivity contribution in [3.8, 4) is 0 Å². The summed E-state index contributed by atoms with van der Waals surface area (Å²) in [7, 11) is 0. The molecule has 0 heterocycles. The molecule has 0 saturated heterocycles. The predicted octanol–water partition coefficient (Wildman–Crippen LogP) is 2.33. The molecule has 0 aliphatic carbocycles. The van der Waals surface area contributed by atoms with Crippen LogP contribution in [0.4, 0.5) is 14.5 Å². The average Bonchev–Trinajstić information content (AvgIpc) is 2.21. The maximum atomic E-state index is 13.1. The number of hydrogen-bond donors (Lipinski definition) is 1. The number of hydrogen-bond acceptors (Lipinski definition) is 2. The van der Waals surface area contributed by atoms with Crippen LogP contribution < -0.4 is 5.32 Å². The Morgan fingerprint density at radius 2 is 1.94 bits per heavy atom. The summed E-state index contributed by atoms with van der Waals surface area (Å²) in [5, 5.41) is 2.12. The molecule has 0 aliphatic rings. The lowest BCUT2D eigenvalue weighted by atomic mass is 10.3. The van der Waals surface area contributed by atoms with E-state index >= 15 is 0 Å². The number of carbonyl (C=O) groups excluding carboxylic acids is 1. The van der Waals surface area contributed by atoms with Crippen LogP contribution in [0.3, 0.4) is 0 Å². The van der Waals surface area contributed by atoms with Crippen LogP contribution in [0, 0.1) is 11.6 Å². The lowest BCUT2D eigenvalue weighted by Gasteiger charge is -2.09. The molecule has 88 valence electrons. The fourth-order valence-corrected chi connectivity index (χ4v) is 1.04. The van der Waals surface area contributed by atoms with Crippen molar-refractivity contribution in [1.82, 2.24) is 0 Å². The van der Waals surface area contributed by atoms with Crippen LogP contribution in [0.2, 0.25) is 0 Å². The Morgan fingerprint density at radius 3 is 2.44 bits per heavy atom. The number of ether oxygens (including phenoxy) is 1. The molecule has 0 radical (unpaired) electrons. The molecule has 0 fully saturated rings.